The lowest BCUT2D eigenvalue weighted by molar-refractivity contribution is 0.00684. The van der Waals surface area contributed by atoms with E-state index in [0.717, 1.165) is 18.3 Å². The molecule has 8 heteroatoms. The fraction of sp³-hybridized carbons (Fsp3) is 0.308. The van der Waals surface area contributed by atoms with Crippen LogP contribution >= 0.6 is 0 Å². The zero-order chi connectivity index (χ0) is 16.2. The SMILES string of the molecule is CC(C)(C)OC(=O)c1cc(F)c(C=NN=C(N)N)c(F)c1. The number of benzene rings is 1. The first kappa shape index (κ1) is 16.5. The Morgan fingerprint density at radius 2 is 1.76 bits per heavy atom. The third-order valence-electron chi connectivity index (χ3n) is 2.07. The van der Waals surface area contributed by atoms with Crippen LogP contribution in [-0.2, 0) is 4.74 Å². The quantitative estimate of drug-likeness (QED) is 0.382. The maximum atomic E-state index is 13.8. The number of ether oxygens (including phenoxy) is 1. The van der Waals surface area contributed by atoms with Crippen molar-refractivity contribution in [3.63, 3.8) is 0 Å². The predicted octanol–water partition coefficient (Wildman–Crippen LogP) is 1.53. The van der Waals surface area contributed by atoms with E-state index in [9.17, 15) is 13.6 Å². The smallest absolute Gasteiger partial charge is 0.338 e. The van der Waals surface area contributed by atoms with E-state index in [4.69, 9.17) is 16.2 Å². The van der Waals surface area contributed by atoms with Gasteiger partial charge in [0.25, 0.3) is 0 Å². The average Bonchev–Trinajstić information content (AvgIpc) is 2.29. The number of carbonyl (C=O) groups is 1. The summed E-state index contributed by atoms with van der Waals surface area (Å²) >= 11 is 0. The zero-order valence-electron chi connectivity index (χ0n) is 11.9. The van der Waals surface area contributed by atoms with Gasteiger partial charge < -0.3 is 16.2 Å². The number of nitrogens with zero attached hydrogens (tertiary/aromatic N) is 2. The van der Waals surface area contributed by atoms with Crippen molar-refractivity contribution in [2.24, 2.45) is 21.7 Å². The summed E-state index contributed by atoms with van der Waals surface area (Å²) in [5.41, 5.74) is 8.57. The topological polar surface area (TPSA) is 103 Å². The van der Waals surface area contributed by atoms with E-state index in [2.05, 4.69) is 10.2 Å². The van der Waals surface area contributed by atoms with Crippen LogP contribution in [0.25, 0.3) is 0 Å². The fourth-order valence-electron chi connectivity index (χ4n) is 1.32. The molecule has 0 amide bonds. The summed E-state index contributed by atoms with van der Waals surface area (Å²) in [4.78, 5) is 11.7. The number of hydrogen-bond donors (Lipinski definition) is 2. The number of nitrogens with two attached hydrogens (primary N) is 2. The van der Waals surface area contributed by atoms with Crippen molar-refractivity contribution in [1.29, 1.82) is 0 Å². The summed E-state index contributed by atoms with van der Waals surface area (Å²) in [5.74, 6) is -3.14. The molecule has 4 N–H and O–H groups in total. The van der Waals surface area contributed by atoms with Crippen molar-refractivity contribution in [3.05, 3.63) is 34.9 Å². The summed E-state index contributed by atoms with van der Waals surface area (Å²) in [5, 5.41) is 6.54. The van der Waals surface area contributed by atoms with Gasteiger partial charge in [-0.3, -0.25) is 0 Å². The van der Waals surface area contributed by atoms with E-state index in [1.807, 2.05) is 0 Å². The Kier molecular flexibility index (Phi) is 4.96. The van der Waals surface area contributed by atoms with Gasteiger partial charge in [0, 0.05) is 0 Å². The number of hydrogen-bond acceptors (Lipinski definition) is 4. The van der Waals surface area contributed by atoms with Crippen molar-refractivity contribution < 1.29 is 18.3 Å². The summed E-state index contributed by atoms with van der Waals surface area (Å²) in [6.45, 7) is 4.94. The number of esters is 1. The monoisotopic (exact) mass is 298 g/mol. The van der Waals surface area contributed by atoms with Gasteiger partial charge in [-0.05, 0) is 32.9 Å². The summed E-state index contributed by atoms with van der Waals surface area (Å²) < 4.78 is 32.6. The van der Waals surface area contributed by atoms with Crippen LogP contribution in [0, 0.1) is 11.6 Å². The highest BCUT2D eigenvalue weighted by Crippen LogP contribution is 2.17. The molecule has 1 aromatic rings. The minimum Gasteiger partial charge on any atom is -0.456 e. The summed E-state index contributed by atoms with van der Waals surface area (Å²) in [6, 6.07) is 1.71. The zero-order valence-corrected chi connectivity index (χ0v) is 11.9. The van der Waals surface area contributed by atoms with Gasteiger partial charge >= 0.3 is 5.97 Å². The predicted molar refractivity (Wildman–Crippen MR) is 74.9 cm³/mol. The van der Waals surface area contributed by atoms with Crippen LogP contribution in [0.5, 0.6) is 0 Å². The van der Waals surface area contributed by atoms with Crippen molar-refractivity contribution in [3.8, 4) is 0 Å². The molecule has 0 aliphatic heterocycles. The Bertz CT molecular complexity index is 580. The Morgan fingerprint density at radius 3 is 2.19 bits per heavy atom. The van der Waals surface area contributed by atoms with E-state index >= 15 is 0 Å². The number of guanidine groups is 1. The molecule has 1 rings (SSSR count). The minimum absolute atomic E-state index is 0.237. The Morgan fingerprint density at radius 1 is 1.24 bits per heavy atom. The van der Waals surface area contributed by atoms with Gasteiger partial charge in [0.05, 0.1) is 17.3 Å². The van der Waals surface area contributed by atoms with Gasteiger partial charge in [-0.2, -0.15) is 5.10 Å². The molecule has 114 valence electrons. The van der Waals surface area contributed by atoms with Crippen molar-refractivity contribution in [2.75, 3.05) is 0 Å². The molecule has 0 bridgehead atoms. The fourth-order valence-corrected chi connectivity index (χ4v) is 1.32. The maximum absolute atomic E-state index is 13.8. The molecule has 1 aromatic carbocycles. The van der Waals surface area contributed by atoms with Crippen LogP contribution in [-0.4, -0.2) is 23.7 Å². The highest BCUT2D eigenvalue weighted by Gasteiger charge is 2.20. The number of carbonyl (C=O) groups excluding carboxylic acids is 1. The van der Waals surface area contributed by atoms with Crippen molar-refractivity contribution in [2.45, 2.75) is 26.4 Å². The lowest BCUT2D eigenvalue weighted by atomic mass is 10.1. The molecule has 21 heavy (non-hydrogen) atoms. The average molecular weight is 298 g/mol. The Labute approximate surface area is 120 Å². The Hall–Kier alpha value is -2.51. The lowest BCUT2D eigenvalue weighted by Crippen LogP contribution is -2.24. The first-order valence-corrected chi connectivity index (χ1v) is 5.94. The molecule has 0 atom stereocenters. The van der Waals surface area contributed by atoms with Crippen LogP contribution in [0.1, 0.15) is 36.7 Å². The summed E-state index contributed by atoms with van der Waals surface area (Å²) in [7, 11) is 0. The third-order valence-corrected chi connectivity index (χ3v) is 2.07. The van der Waals surface area contributed by atoms with E-state index in [0.29, 0.717) is 0 Å². The number of rotatable bonds is 3. The first-order chi connectivity index (χ1) is 9.60. The molecule has 0 aromatic heterocycles. The van der Waals surface area contributed by atoms with E-state index in [1.165, 1.54) is 0 Å². The van der Waals surface area contributed by atoms with Crippen molar-refractivity contribution in [1.82, 2.24) is 0 Å². The van der Waals surface area contributed by atoms with Gasteiger partial charge in [0.15, 0.2) is 0 Å². The van der Waals surface area contributed by atoms with Crippen LogP contribution < -0.4 is 11.5 Å². The largest absolute Gasteiger partial charge is 0.456 e. The Balaban J connectivity index is 3.08. The molecule has 0 unspecified atom stereocenters. The summed E-state index contributed by atoms with van der Waals surface area (Å²) in [6.07, 6.45) is 0.809. The van der Waals surface area contributed by atoms with Gasteiger partial charge in [-0.25, -0.2) is 13.6 Å². The van der Waals surface area contributed by atoms with Gasteiger partial charge in [0.1, 0.15) is 17.2 Å². The highest BCUT2D eigenvalue weighted by molar-refractivity contribution is 5.91. The molecule has 0 aliphatic carbocycles. The number of halogens is 2. The van der Waals surface area contributed by atoms with E-state index in [-0.39, 0.29) is 11.5 Å². The molecule has 0 heterocycles. The second-order valence-corrected chi connectivity index (χ2v) is 5.12. The standard InChI is InChI=1S/C13H16F2N4O2/c1-13(2,3)21-11(20)7-4-9(14)8(10(15)5-7)6-18-19-12(16)17/h4-6H,1-3H3,(H4,16,17,19). The minimum atomic E-state index is -0.981. The van der Waals surface area contributed by atoms with E-state index < -0.39 is 28.8 Å². The lowest BCUT2D eigenvalue weighted by Gasteiger charge is -2.19. The first-order valence-electron chi connectivity index (χ1n) is 5.94. The normalized spacial score (nSPS) is 11.5. The molecule has 0 aliphatic rings. The molecule has 0 radical (unpaired) electrons. The van der Waals surface area contributed by atoms with Crippen LogP contribution in [0.4, 0.5) is 8.78 Å². The van der Waals surface area contributed by atoms with Crippen LogP contribution in [0.2, 0.25) is 0 Å². The highest BCUT2D eigenvalue weighted by atomic mass is 19.1. The van der Waals surface area contributed by atoms with Crippen LogP contribution in [0.3, 0.4) is 0 Å². The van der Waals surface area contributed by atoms with Crippen LogP contribution in [0.15, 0.2) is 22.3 Å². The molecule has 0 fully saturated rings. The molecular weight excluding hydrogens is 282 g/mol. The van der Waals surface area contributed by atoms with Gasteiger partial charge in [-0.15, -0.1) is 5.10 Å². The molecular formula is C13H16F2N4O2. The second-order valence-electron chi connectivity index (χ2n) is 5.12. The molecule has 6 nitrogen and oxygen atoms in total. The maximum Gasteiger partial charge on any atom is 0.338 e. The second kappa shape index (κ2) is 6.29. The van der Waals surface area contributed by atoms with Gasteiger partial charge in [-0.1, -0.05) is 0 Å². The molecule has 0 spiro atoms. The van der Waals surface area contributed by atoms with Crippen molar-refractivity contribution >= 4 is 18.1 Å². The third kappa shape index (κ3) is 5.17. The van der Waals surface area contributed by atoms with E-state index in [1.54, 1.807) is 20.8 Å². The van der Waals surface area contributed by atoms with Gasteiger partial charge in [0.2, 0.25) is 5.96 Å². The molecule has 0 saturated heterocycles. The molecule has 0 saturated carbocycles.